The molecule has 4 rings (SSSR count). The van der Waals surface area contributed by atoms with Crippen LogP contribution in [0.2, 0.25) is 0 Å². The number of hydrogen-bond donors (Lipinski definition) is 2. The summed E-state index contributed by atoms with van der Waals surface area (Å²) in [5.41, 5.74) is 4.50. The summed E-state index contributed by atoms with van der Waals surface area (Å²) >= 11 is 0. The lowest BCUT2D eigenvalue weighted by atomic mass is 9.98. The molecule has 1 aliphatic carbocycles. The molecule has 0 radical (unpaired) electrons. The van der Waals surface area contributed by atoms with Crippen LogP contribution >= 0.6 is 0 Å². The topological polar surface area (TPSA) is 93.5 Å². The van der Waals surface area contributed by atoms with Crippen molar-refractivity contribution in [1.29, 1.82) is 0 Å². The van der Waals surface area contributed by atoms with Gasteiger partial charge in [-0.2, -0.15) is 5.10 Å². The molecule has 0 saturated heterocycles. The SMILES string of the molecule is Cc1cc(C)n(CC(C)(NC(=O)OCC2c3ccccc3-c3ccccc32)C(=O)O)n1. The summed E-state index contributed by atoms with van der Waals surface area (Å²) in [6, 6.07) is 18.0. The van der Waals surface area contributed by atoms with E-state index in [0.717, 1.165) is 33.6 Å². The minimum atomic E-state index is -1.56. The van der Waals surface area contributed by atoms with E-state index in [-0.39, 0.29) is 19.1 Å². The molecular formula is C24H25N3O4. The summed E-state index contributed by atoms with van der Waals surface area (Å²) in [5.74, 6) is -1.25. The van der Waals surface area contributed by atoms with E-state index in [1.54, 1.807) is 4.68 Å². The smallest absolute Gasteiger partial charge is 0.408 e. The number of rotatable bonds is 6. The van der Waals surface area contributed by atoms with Crippen molar-refractivity contribution in [2.75, 3.05) is 6.61 Å². The number of aryl methyl sites for hydroxylation is 2. The van der Waals surface area contributed by atoms with Gasteiger partial charge in [0.2, 0.25) is 0 Å². The molecule has 0 bridgehead atoms. The molecule has 2 aromatic carbocycles. The Morgan fingerprint density at radius 1 is 1.10 bits per heavy atom. The molecule has 1 aromatic heterocycles. The average molecular weight is 419 g/mol. The van der Waals surface area contributed by atoms with Gasteiger partial charge in [-0.25, -0.2) is 9.59 Å². The van der Waals surface area contributed by atoms with Crippen molar-refractivity contribution in [2.24, 2.45) is 0 Å². The van der Waals surface area contributed by atoms with E-state index in [1.807, 2.05) is 56.3 Å². The summed E-state index contributed by atoms with van der Waals surface area (Å²) in [4.78, 5) is 24.6. The number of hydrogen-bond acceptors (Lipinski definition) is 4. The standard InChI is InChI=1S/C24H25N3O4/c1-15-12-16(2)27(26-15)14-24(3,22(28)29)25-23(30)31-13-21-19-10-6-4-8-17(19)18-9-5-7-11-20(18)21/h4-12,21H,13-14H2,1-3H3,(H,25,30)(H,28,29). The van der Waals surface area contributed by atoms with Crippen molar-refractivity contribution in [3.8, 4) is 11.1 Å². The number of ether oxygens (including phenoxy) is 1. The van der Waals surface area contributed by atoms with Crippen LogP contribution in [0.5, 0.6) is 0 Å². The molecule has 1 heterocycles. The van der Waals surface area contributed by atoms with Gasteiger partial charge in [0.1, 0.15) is 6.61 Å². The number of fused-ring (bicyclic) bond motifs is 3. The first-order valence-electron chi connectivity index (χ1n) is 10.2. The van der Waals surface area contributed by atoms with E-state index < -0.39 is 17.6 Å². The number of alkyl carbamates (subject to hydrolysis) is 1. The molecule has 0 saturated carbocycles. The number of aromatic nitrogens is 2. The Labute approximate surface area is 180 Å². The van der Waals surface area contributed by atoms with Crippen LogP contribution in [0.15, 0.2) is 54.6 Å². The van der Waals surface area contributed by atoms with Crippen molar-refractivity contribution < 1.29 is 19.4 Å². The van der Waals surface area contributed by atoms with Crippen LogP contribution in [0.1, 0.15) is 35.4 Å². The number of carbonyl (C=O) groups excluding carboxylic acids is 1. The van der Waals surface area contributed by atoms with Crippen molar-refractivity contribution in [3.63, 3.8) is 0 Å². The highest BCUT2D eigenvalue weighted by Crippen LogP contribution is 2.44. The highest BCUT2D eigenvalue weighted by atomic mass is 16.5. The van der Waals surface area contributed by atoms with Crippen LogP contribution < -0.4 is 5.32 Å². The Morgan fingerprint density at radius 3 is 2.19 bits per heavy atom. The Hall–Kier alpha value is -3.61. The maximum Gasteiger partial charge on any atom is 0.408 e. The summed E-state index contributed by atoms with van der Waals surface area (Å²) in [6.45, 7) is 5.24. The first-order valence-corrected chi connectivity index (χ1v) is 10.2. The number of carbonyl (C=O) groups is 2. The summed E-state index contributed by atoms with van der Waals surface area (Å²) in [7, 11) is 0. The van der Waals surface area contributed by atoms with Crippen LogP contribution in [-0.2, 0) is 16.1 Å². The van der Waals surface area contributed by atoms with Gasteiger partial charge in [0.15, 0.2) is 5.54 Å². The molecule has 0 spiro atoms. The fraction of sp³-hybridized carbons (Fsp3) is 0.292. The quantitative estimate of drug-likeness (QED) is 0.632. The van der Waals surface area contributed by atoms with Crippen LogP contribution in [-0.4, -0.2) is 39.1 Å². The van der Waals surface area contributed by atoms with Crippen LogP contribution in [0.4, 0.5) is 4.79 Å². The highest BCUT2D eigenvalue weighted by molar-refractivity contribution is 5.84. The third-order valence-corrected chi connectivity index (χ3v) is 5.76. The molecule has 31 heavy (non-hydrogen) atoms. The zero-order valence-electron chi connectivity index (χ0n) is 17.8. The van der Waals surface area contributed by atoms with Crippen LogP contribution in [0.3, 0.4) is 0 Å². The number of amides is 1. The third kappa shape index (κ3) is 3.91. The van der Waals surface area contributed by atoms with Gasteiger partial charge in [-0.05, 0) is 49.1 Å². The van der Waals surface area contributed by atoms with E-state index in [0.29, 0.717) is 0 Å². The number of nitrogens with one attached hydrogen (secondary N) is 1. The van der Waals surface area contributed by atoms with Gasteiger partial charge in [0.25, 0.3) is 0 Å². The Bertz CT molecular complexity index is 1110. The van der Waals surface area contributed by atoms with E-state index >= 15 is 0 Å². The van der Waals surface area contributed by atoms with Gasteiger partial charge in [-0.1, -0.05) is 48.5 Å². The average Bonchev–Trinajstić information content (AvgIpc) is 3.22. The van der Waals surface area contributed by atoms with E-state index in [2.05, 4.69) is 22.5 Å². The minimum Gasteiger partial charge on any atom is -0.479 e. The molecule has 3 aromatic rings. The second-order valence-electron chi connectivity index (χ2n) is 8.17. The van der Waals surface area contributed by atoms with Crippen molar-refractivity contribution in [1.82, 2.24) is 15.1 Å². The molecule has 1 unspecified atom stereocenters. The normalized spacial score (nSPS) is 14.4. The zero-order chi connectivity index (χ0) is 22.2. The predicted octanol–water partition coefficient (Wildman–Crippen LogP) is 3.88. The minimum absolute atomic E-state index is 0.00774. The largest absolute Gasteiger partial charge is 0.479 e. The summed E-state index contributed by atoms with van der Waals surface area (Å²) in [6.07, 6.45) is -0.770. The molecule has 7 nitrogen and oxygen atoms in total. The van der Waals surface area contributed by atoms with Crippen molar-refractivity contribution in [3.05, 3.63) is 77.1 Å². The number of aliphatic carboxylic acids is 1. The van der Waals surface area contributed by atoms with Crippen LogP contribution in [0, 0.1) is 13.8 Å². The van der Waals surface area contributed by atoms with Gasteiger partial charge in [0, 0.05) is 11.6 Å². The monoisotopic (exact) mass is 419 g/mol. The maximum atomic E-state index is 12.6. The molecule has 1 amide bonds. The molecule has 160 valence electrons. The molecule has 1 aliphatic rings. The van der Waals surface area contributed by atoms with Crippen LogP contribution in [0.25, 0.3) is 11.1 Å². The zero-order valence-corrected chi connectivity index (χ0v) is 17.8. The van der Waals surface area contributed by atoms with E-state index in [4.69, 9.17) is 4.74 Å². The van der Waals surface area contributed by atoms with Gasteiger partial charge in [0.05, 0.1) is 12.2 Å². The fourth-order valence-corrected chi connectivity index (χ4v) is 4.15. The molecule has 0 fully saturated rings. The number of carboxylic acids is 1. The number of benzene rings is 2. The second-order valence-corrected chi connectivity index (χ2v) is 8.17. The van der Waals surface area contributed by atoms with Gasteiger partial charge in [-0.3, -0.25) is 4.68 Å². The van der Waals surface area contributed by atoms with E-state index in [1.165, 1.54) is 6.92 Å². The number of nitrogens with zero attached hydrogens (tertiary/aromatic N) is 2. The first kappa shape index (κ1) is 20.7. The Morgan fingerprint density at radius 2 is 1.68 bits per heavy atom. The Balaban J connectivity index is 1.48. The molecule has 1 atom stereocenters. The summed E-state index contributed by atoms with van der Waals surface area (Å²) < 4.78 is 7.09. The lowest BCUT2D eigenvalue weighted by molar-refractivity contribution is -0.144. The lowest BCUT2D eigenvalue weighted by Crippen LogP contribution is -2.55. The highest BCUT2D eigenvalue weighted by Gasteiger charge is 2.37. The lowest BCUT2D eigenvalue weighted by Gasteiger charge is -2.26. The molecular weight excluding hydrogens is 394 g/mol. The van der Waals surface area contributed by atoms with Crippen molar-refractivity contribution >= 4 is 12.1 Å². The fourth-order valence-electron chi connectivity index (χ4n) is 4.15. The van der Waals surface area contributed by atoms with Crippen molar-refractivity contribution in [2.45, 2.75) is 38.8 Å². The maximum absolute atomic E-state index is 12.6. The third-order valence-electron chi connectivity index (χ3n) is 5.76. The summed E-state index contributed by atoms with van der Waals surface area (Å²) in [5, 5.41) is 16.6. The Kier molecular flexibility index (Phi) is 5.27. The van der Waals surface area contributed by atoms with Gasteiger partial charge >= 0.3 is 12.1 Å². The first-order chi connectivity index (χ1) is 14.8. The van der Waals surface area contributed by atoms with E-state index in [9.17, 15) is 14.7 Å². The molecule has 7 heteroatoms. The van der Waals surface area contributed by atoms with Gasteiger partial charge < -0.3 is 15.2 Å². The number of carboxylic acid groups (broad SMARTS) is 1. The predicted molar refractivity (Wildman–Crippen MR) is 116 cm³/mol. The second kappa shape index (κ2) is 7.91. The van der Waals surface area contributed by atoms with Gasteiger partial charge in [-0.15, -0.1) is 0 Å². The molecule has 2 N–H and O–H groups in total. The molecule has 0 aliphatic heterocycles.